The normalized spacial score (nSPS) is 18.4. The fraction of sp³-hybridized carbons (Fsp3) is 0.429. The number of hydrogen-bond acceptors (Lipinski definition) is 5. The summed E-state index contributed by atoms with van der Waals surface area (Å²) in [7, 11) is 1.39. The van der Waals surface area contributed by atoms with Crippen molar-refractivity contribution in [3.05, 3.63) is 23.8 Å². The van der Waals surface area contributed by atoms with Gasteiger partial charge in [0, 0.05) is 6.54 Å². The van der Waals surface area contributed by atoms with E-state index in [9.17, 15) is 9.59 Å². The number of carboxylic acids is 1. The molecule has 0 aromatic heterocycles. The van der Waals surface area contributed by atoms with E-state index in [0.29, 0.717) is 5.75 Å². The van der Waals surface area contributed by atoms with Crippen LogP contribution in [0.25, 0.3) is 0 Å². The van der Waals surface area contributed by atoms with Gasteiger partial charge in [0.05, 0.1) is 12.7 Å². The fourth-order valence-electron chi connectivity index (χ4n) is 2.21. The molecule has 1 fully saturated rings. The van der Waals surface area contributed by atoms with Gasteiger partial charge in [0.1, 0.15) is 6.10 Å². The average molecular weight is 279 g/mol. The van der Waals surface area contributed by atoms with Crippen LogP contribution in [-0.2, 0) is 4.79 Å². The van der Waals surface area contributed by atoms with Crippen LogP contribution in [0.15, 0.2) is 18.2 Å². The van der Waals surface area contributed by atoms with E-state index in [1.807, 2.05) is 0 Å². The highest BCUT2D eigenvalue weighted by Gasteiger charge is 2.24. The molecule has 0 spiro atoms. The monoisotopic (exact) mass is 279 g/mol. The Hall–Kier alpha value is -2.08. The lowest BCUT2D eigenvalue weighted by molar-refractivity contribution is -0.131. The second-order valence-corrected chi connectivity index (χ2v) is 4.56. The van der Waals surface area contributed by atoms with Gasteiger partial charge in [0.2, 0.25) is 0 Å². The minimum atomic E-state index is -1.51. The molecule has 1 aromatic carbocycles. The number of Topliss-reactive ketones (excluding diaryl/α,β-unsaturated/α-hetero) is 1. The van der Waals surface area contributed by atoms with Gasteiger partial charge < -0.3 is 19.9 Å². The average Bonchev–Trinajstić information content (AvgIpc) is 2.47. The van der Waals surface area contributed by atoms with Crippen molar-refractivity contribution in [1.29, 1.82) is 0 Å². The molecule has 2 rings (SSSR count). The van der Waals surface area contributed by atoms with Crippen molar-refractivity contribution in [2.45, 2.75) is 18.9 Å². The number of hydrogen-bond donors (Lipinski definition) is 2. The van der Waals surface area contributed by atoms with Gasteiger partial charge in [0.25, 0.3) is 5.78 Å². The quantitative estimate of drug-likeness (QED) is 0.620. The van der Waals surface area contributed by atoms with Gasteiger partial charge in [-0.2, -0.15) is 0 Å². The van der Waals surface area contributed by atoms with Crippen molar-refractivity contribution in [3.63, 3.8) is 0 Å². The summed E-state index contributed by atoms with van der Waals surface area (Å²) in [6.07, 6.45) is 1.92. The first-order valence-electron chi connectivity index (χ1n) is 6.45. The van der Waals surface area contributed by atoms with E-state index in [1.54, 1.807) is 12.1 Å². The third kappa shape index (κ3) is 3.08. The maximum absolute atomic E-state index is 11.6. The van der Waals surface area contributed by atoms with Crippen molar-refractivity contribution in [1.82, 2.24) is 5.32 Å². The summed E-state index contributed by atoms with van der Waals surface area (Å²) in [6.45, 7) is 1.69. The molecule has 108 valence electrons. The summed E-state index contributed by atoms with van der Waals surface area (Å²) in [5.41, 5.74) is 0.00117. The van der Waals surface area contributed by atoms with E-state index in [1.165, 1.54) is 13.2 Å². The molecule has 6 nitrogen and oxygen atoms in total. The van der Waals surface area contributed by atoms with Gasteiger partial charge >= 0.3 is 5.97 Å². The van der Waals surface area contributed by atoms with Crippen molar-refractivity contribution in [3.8, 4) is 11.5 Å². The zero-order chi connectivity index (χ0) is 14.5. The zero-order valence-electron chi connectivity index (χ0n) is 11.2. The molecule has 1 saturated heterocycles. The fourth-order valence-corrected chi connectivity index (χ4v) is 2.21. The molecule has 0 amide bonds. The van der Waals surface area contributed by atoms with E-state index in [-0.39, 0.29) is 17.4 Å². The predicted octanol–water partition coefficient (Wildman–Crippen LogP) is 1.09. The molecule has 2 N–H and O–H groups in total. The number of rotatable bonds is 5. The molecule has 1 aliphatic rings. The Kier molecular flexibility index (Phi) is 4.57. The largest absolute Gasteiger partial charge is 0.492 e. The number of carbonyl (C=O) groups excluding carboxylic acids is 1. The first kappa shape index (κ1) is 14.3. The SMILES string of the molecule is COc1c(OC2CCCNC2)cccc1C(=O)C(=O)O. The van der Waals surface area contributed by atoms with Gasteiger partial charge in [-0.1, -0.05) is 6.07 Å². The number of nitrogens with one attached hydrogen (secondary N) is 1. The van der Waals surface area contributed by atoms with Gasteiger partial charge in [-0.3, -0.25) is 4.79 Å². The summed E-state index contributed by atoms with van der Waals surface area (Å²) in [5, 5.41) is 12.0. The Morgan fingerprint density at radius 2 is 2.20 bits per heavy atom. The maximum Gasteiger partial charge on any atom is 0.377 e. The van der Waals surface area contributed by atoms with Crippen molar-refractivity contribution >= 4 is 11.8 Å². The second-order valence-electron chi connectivity index (χ2n) is 4.56. The standard InChI is InChI=1S/C14H17NO5/c1-19-13-10(12(16)14(17)18)5-2-6-11(13)20-9-4-3-7-15-8-9/h2,5-6,9,15H,3-4,7-8H2,1H3,(H,17,18). The molecule has 0 radical (unpaired) electrons. The number of piperidine rings is 1. The topological polar surface area (TPSA) is 84.9 Å². The van der Waals surface area contributed by atoms with Crippen LogP contribution in [0.2, 0.25) is 0 Å². The predicted molar refractivity (Wildman–Crippen MR) is 71.5 cm³/mol. The number of methoxy groups -OCH3 is 1. The number of ketones is 1. The molecule has 1 heterocycles. The molecular weight excluding hydrogens is 262 g/mol. The van der Waals surface area contributed by atoms with Crippen LogP contribution >= 0.6 is 0 Å². The Morgan fingerprint density at radius 3 is 2.80 bits per heavy atom. The van der Waals surface area contributed by atoms with Crippen LogP contribution in [0.1, 0.15) is 23.2 Å². The molecule has 0 aliphatic carbocycles. The maximum atomic E-state index is 11.6. The molecule has 1 aromatic rings. The lowest BCUT2D eigenvalue weighted by Gasteiger charge is -2.25. The molecule has 1 aliphatic heterocycles. The molecule has 6 heteroatoms. The Bertz CT molecular complexity index is 508. The summed E-state index contributed by atoms with van der Waals surface area (Å²) in [4.78, 5) is 22.4. The number of ether oxygens (including phenoxy) is 2. The highest BCUT2D eigenvalue weighted by Crippen LogP contribution is 2.32. The number of carbonyl (C=O) groups is 2. The van der Waals surface area contributed by atoms with Gasteiger partial charge in [0.15, 0.2) is 11.5 Å². The summed E-state index contributed by atoms with van der Waals surface area (Å²) in [5.74, 6) is -1.95. The Morgan fingerprint density at radius 1 is 1.40 bits per heavy atom. The number of aliphatic carboxylic acids is 1. The van der Waals surface area contributed by atoms with Crippen LogP contribution in [0.3, 0.4) is 0 Å². The number of para-hydroxylation sites is 1. The third-order valence-electron chi connectivity index (χ3n) is 3.17. The minimum absolute atomic E-state index is 0.00117. The van der Waals surface area contributed by atoms with E-state index >= 15 is 0 Å². The molecule has 0 saturated carbocycles. The van der Waals surface area contributed by atoms with Crippen LogP contribution in [-0.4, -0.2) is 43.2 Å². The van der Waals surface area contributed by atoms with E-state index < -0.39 is 11.8 Å². The molecule has 1 unspecified atom stereocenters. The van der Waals surface area contributed by atoms with E-state index in [2.05, 4.69) is 5.32 Å². The third-order valence-corrected chi connectivity index (χ3v) is 3.17. The van der Waals surface area contributed by atoms with Crippen LogP contribution in [0.4, 0.5) is 0 Å². The van der Waals surface area contributed by atoms with Gasteiger partial charge in [-0.25, -0.2) is 4.79 Å². The first-order chi connectivity index (χ1) is 9.63. The summed E-state index contributed by atoms with van der Waals surface area (Å²) < 4.78 is 11.0. The Labute approximate surface area is 116 Å². The van der Waals surface area contributed by atoms with E-state index in [0.717, 1.165) is 25.9 Å². The van der Waals surface area contributed by atoms with Crippen LogP contribution in [0.5, 0.6) is 11.5 Å². The minimum Gasteiger partial charge on any atom is -0.492 e. The highest BCUT2D eigenvalue weighted by molar-refractivity contribution is 6.40. The van der Waals surface area contributed by atoms with Crippen LogP contribution < -0.4 is 14.8 Å². The molecule has 0 bridgehead atoms. The number of benzene rings is 1. The van der Waals surface area contributed by atoms with Crippen molar-refractivity contribution in [2.24, 2.45) is 0 Å². The molecule has 20 heavy (non-hydrogen) atoms. The first-order valence-corrected chi connectivity index (χ1v) is 6.45. The lowest BCUT2D eigenvalue weighted by atomic mass is 10.1. The molecular formula is C14H17NO5. The zero-order valence-corrected chi connectivity index (χ0v) is 11.2. The van der Waals surface area contributed by atoms with Crippen molar-refractivity contribution < 1.29 is 24.2 Å². The van der Waals surface area contributed by atoms with E-state index in [4.69, 9.17) is 14.6 Å². The van der Waals surface area contributed by atoms with Crippen molar-refractivity contribution in [2.75, 3.05) is 20.2 Å². The van der Waals surface area contributed by atoms with Crippen LogP contribution in [0, 0.1) is 0 Å². The summed E-state index contributed by atoms with van der Waals surface area (Å²) >= 11 is 0. The Balaban J connectivity index is 2.26. The number of carboxylic acid groups (broad SMARTS) is 1. The highest BCUT2D eigenvalue weighted by atomic mass is 16.5. The second kappa shape index (κ2) is 6.38. The molecule has 1 atom stereocenters. The van der Waals surface area contributed by atoms with Gasteiger partial charge in [-0.05, 0) is 31.5 Å². The summed E-state index contributed by atoms with van der Waals surface area (Å²) in [6, 6.07) is 4.68. The van der Waals surface area contributed by atoms with Gasteiger partial charge in [-0.15, -0.1) is 0 Å². The smallest absolute Gasteiger partial charge is 0.377 e. The lowest BCUT2D eigenvalue weighted by Crippen LogP contribution is -2.37.